The van der Waals surface area contributed by atoms with Gasteiger partial charge in [0.05, 0.1) is 16.8 Å². The number of carbonyl (C=O) groups is 1. The Bertz CT molecular complexity index is 1170. The fourth-order valence-corrected chi connectivity index (χ4v) is 3.06. The SMILES string of the molecule is Cc1noc(C)c1COc1cccc(C(=O)OCc2nc(-c3ccccc3)oc2C)c1. The number of oxazole rings is 1. The van der Waals surface area contributed by atoms with Gasteiger partial charge in [-0.3, -0.25) is 0 Å². The summed E-state index contributed by atoms with van der Waals surface area (Å²) in [7, 11) is 0. The zero-order chi connectivity index (χ0) is 21.8. The molecule has 0 bridgehead atoms. The van der Waals surface area contributed by atoms with Gasteiger partial charge in [-0.2, -0.15) is 0 Å². The highest BCUT2D eigenvalue weighted by atomic mass is 16.5. The minimum absolute atomic E-state index is 0.0190. The van der Waals surface area contributed by atoms with Gasteiger partial charge in [0.25, 0.3) is 0 Å². The number of esters is 1. The molecule has 0 saturated carbocycles. The first-order valence-electron chi connectivity index (χ1n) is 9.84. The van der Waals surface area contributed by atoms with Crippen LogP contribution in [-0.2, 0) is 18.0 Å². The quantitative estimate of drug-likeness (QED) is 0.382. The van der Waals surface area contributed by atoms with Crippen molar-refractivity contribution in [3.63, 3.8) is 0 Å². The maximum atomic E-state index is 12.5. The number of ether oxygens (including phenoxy) is 2. The number of aromatic nitrogens is 2. The van der Waals surface area contributed by atoms with Gasteiger partial charge in [-0.25, -0.2) is 9.78 Å². The van der Waals surface area contributed by atoms with Gasteiger partial charge < -0.3 is 18.4 Å². The summed E-state index contributed by atoms with van der Waals surface area (Å²) in [6.07, 6.45) is 0. The van der Waals surface area contributed by atoms with Gasteiger partial charge in [-0.15, -0.1) is 0 Å². The smallest absolute Gasteiger partial charge is 0.338 e. The van der Waals surface area contributed by atoms with Crippen molar-refractivity contribution in [1.82, 2.24) is 10.1 Å². The molecular formula is C24H22N2O5. The second kappa shape index (κ2) is 8.87. The average Bonchev–Trinajstić information content (AvgIpc) is 3.32. The molecule has 0 spiro atoms. The van der Waals surface area contributed by atoms with E-state index in [9.17, 15) is 4.79 Å². The van der Waals surface area contributed by atoms with Crippen molar-refractivity contribution < 1.29 is 23.2 Å². The number of nitrogens with zero attached hydrogens (tertiary/aromatic N) is 2. The molecule has 0 N–H and O–H groups in total. The van der Waals surface area contributed by atoms with E-state index in [1.807, 2.05) is 44.2 Å². The molecule has 2 aromatic heterocycles. The summed E-state index contributed by atoms with van der Waals surface area (Å²) in [4.78, 5) is 17.0. The first kappa shape index (κ1) is 20.4. The topological polar surface area (TPSA) is 87.6 Å². The summed E-state index contributed by atoms with van der Waals surface area (Å²) in [5, 5.41) is 3.91. The molecule has 4 rings (SSSR count). The van der Waals surface area contributed by atoms with Crippen LogP contribution in [0.2, 0.25) is 0 Å². The Balaban J connectivity index is 1.39. The molecule has 0 amide bonds. The summed E-state index contributed by atoms with van der Waals surface area (Å²) in [6, 6.07) is 16.4. The van der Waals surface area contributed by atoms with E-state index in [1.165, 1.54) is 0 Å². The predicted molar refractivity (Wildman–Crippen MR) is 113 cm³/mol. The van der Waals surface area contributed by atoms with Gasteiger partial charge in [0.1, 0.15) is 36.2 Å². The Kier molecular flexibility index (Phi) is 5.84. The van der Waals surface area contributed by atoms with Crippen LogP contribution in [0.4, 0.5) is 0 Å². The van der Waals surface area contributed by atoms with Crippen molar-refractivity contribution in [3.8, 4) is 17.2 Å². The molecule has 4 aromatic rings. The highest BCUT2D eigenvalue weighted by Crippen LogP contribution is 2.23. The van der Waals surface area contributed by atoms with Crippen LogP contribution in [-0.4, -0.2) is 16.1 Å². The summed E-state index contributed by atoms with van der Waals surface area (Å²) in [5.74, 6) is 1.91. The van der Waals surface area contributed by atoms with Gasteiger partial charge in [0.2, 0.25) is 5.89 Å². The van der Waals surface area contributed by atoms with E-state index < -0.39 is 5.97 Å². The monoisotopic (exact) mass is 418 g/mol. The molecule has 0 unspecified atom stereocenters. The molecule has 158 valence electrons. The van der Waals surface area contributed by atoms with Gasteiger partial charge in [0.15, 0.2) is 0 Å². The predicted octanol–water partition coefficient (Wildman–Crippen LogP) is 5.19. The first-order valence-corrected chi connectivity index (χ1v) is 9.84. The Morgan fingerprint density at radius 2 is 1.77 bits per heavy atom. The van der Waals surface area contributed by atoms with Gasteiger partial charge in [-0.05, 0) is 51.1 Å². The van der Waals surface area contributed by atoms with Crippen LogP contribution >= 0.6 is 0 Å². The lowest BCUT2D eigenvalue weighted by Crippen LogP contribution is -2.06. The lowest BCUT2D eigenvalue weighted by atomic mass is 10.2. The third-order valence-corrected chi connectivity index (χ3v) is 4.89. The van der Waals surface area contributed by atoms with Gasteiger partial charge in [-0.1, -0.05) is 29.4 Å². The van der Waals surface area contributed by atoms with Crippen LogP contribution in [0.1, 0.15) is 38.8 Å². The second-order valence-electron chi connectivity index (χ2n) is 7.08. The Labute approximate surface area is 179 Å². The van der Waals surface area contributed by atoms with Crippen LogP contribution < -0.4 is 4.74 Å². The van der Waals surface area contributed by atoms with Crippen LogP contribution in [0.5, 0.6) is 5.75 Å². The van der Waals surface area contributed by atoms with E-state index >= 15 is 0 Å². The number of hydrogen-bond donors (Lipinski definition) is 0. The lowest BCUT2D eigenvalue weighted by molar-refractivity contribution is 0.0466. The van der Waals surface area contributed by atoms with Crippen molar-refractivity contribution in [2.45, 2.75) is 34.0 Å². The first-order chi connectivity index (χ1) is 15.0. The standard InChI is InChI=1S/C24H22N2O5/c1-15-21(16(2)31-26-15)13-28-20-11-7-10-19(12-20)24(27)29-14-22-17(3)30-23(25-22)18-8-5-4-6-9-18/h4-12H,13-14H2,1-3H3. The molecule has 0 radical (unpaired) electrons. The van der Waals surface area contributed by atoms with E-state index in [-0.39, 0.29) is 6.61 Å². The molecule has 0 aliphatic carbocycles. The third-order valence-electron chi connectivity index (χ3n) is 4.89. The van der Waals surface area contributed by atoms with E-state index in [0.29, 0.717) is 41.0 Å². The number of rotatable bonds is 7. The van der Waals surface area contributed by atoms with E-state index in [4.69, 9.17) is 18.4 Å². The zero-order valence-electron chi connectivity index (χ0n) is 17.5. The fraction of sp³-hybridized carbons (Fsp3) is 0.208. The van der Waals surface area contributed by atoms with Crippen LogP contribution in [0.3, 0.4) is 0 Å². The van der Waals surface area contributed by atoms with Crippen LogP contribution in [0.15, 0.2) is 63.5 Å². The lowest BCUT2D eigenvalue weighted by Gasteiger charge is -2.08. The second-order valence-corrected chi connectivity index (χ2v) is 7.08. The maximum Gasteiger partial charge on any atom is 0.338 e. The number of hydrogen-bond acceptors (Lipinski definition) is 7. The van der Waals surface area contributed by atoms with E-state index in [1.54, 1.807) is 31.2 Å². The molecule has 0 aliphatic heterocycles. The van der Waals surface area contributed by atoms with Crippen LogP contribution in [0.25, 0.3) is 11.5 Å². The van der Waals surface area contributed by atoms with Crippen molar-refractivity contribution in [3.05, 3.63) is 88.6 Å². The molecular weight excluding hydrogens is 396 g/mol. The fourth-order valence-electron chi connectivity index (χ4n) is 3.06. The van der Waals surface area contributed by atoms with E-state index in [0.717, 1.165) is 16.8 Å². The largest absolute Gasteiger partial charge is 0.489 e. The molecule has 0 aliphatic rings. The molecule has 7 nitrogen and oxygen atoms in total. The average molecular weight is 418 g/mol. The van der Waals surface area contributed by atoms with Crippen molar-refractivity contribution >= 4 is 5.97 Å². The number of benzene rings is 2. The number of aryl methyl sites for hydroxylation is 3. The molecule has 2 aromatic carbocycles. The third kappa shape index (κ3) is 4.66. The molecule has 31 heavy (non-hydrogen) atoms. The Hall–Kier alpha value is -3.87. The minimum atomic E-state index is -0.466. The molecule has 2 heterocycles. The highest BCUT2D eigenvalue weighted by molar-refractivity contribution is 5.89. The van der Waals surface area contributed by atoms with Gasteiger partial charge in [0, 0.05) is 5.56 Å². The summed E-state index contributed by atoms with van der Waals surface area (Å²) >= 11 is 0. The van der Waals surface area contributed by atoms with Crippen molar-refractivity contribution in [2.75, 3.05) is 0 Å². The molecule has 0 fully saturated rings. The zero-order valence-corrected chi connectivity index (χ0v) is 17.5. The van der Waals surface area contributed by atoms with E-state index in [2.05, 4.69) is 10.1 Å². The van der Waals surface area contributed by atoms with Gasteiger partial charge >= 0.3 is 5.97 Å². The summed E-state index contributed by atoms with van der Waals surface area (Å²) in [5.41, 5.74) is 3.51. The van der Waals surface area contributed by atoms with Crippen molar-refractivity contribution in [2.24, 2.45) is 0 Å². The minimum Gasteiger partial charge on any atom is -0.489 e. The Morgan fingerprint density at radius 1 is 0.968 bits per heavy atom. The number of carbonyl (C=O) groups excluding carboxylic acids is 1. The summed E-state index contributed by atoms with van der Waals surface area (Å²) in [6.45, 7) is 5.82. The van der Waals surface area contributed by atoms with Crippen molar-refractivity contribution in [1.29, 1.82) is 0 Å². The summed E-state index contributed by atoms with van der Waals surface area (Å²) < 4.78 is 22.1. The Morgan fingerprint density at radius 3 is 2.52 bits per heavy atom. The normalized spacial score (nSPS) is 10.8. The maximum absolute atomic E-state index is 12.5. The molecule has 0 saturated heterocycles. The van der Waals surface area contributed by atoms with Crippen LogP contribution in [0, 0.1) is 20.8 Å². The molecule has 7 heteroatoms. The molecule has 0 atom stereocenters. The highest BCUT2D eigenvalue weighted by Gasteiger charge is 2.15.